The van der Waals surface area contributed by atoms with Gasteiger partial charge >= 0.3 is 0 Å². The van der Waals surface area contributed by atoms with Crippen LogP contribution in [0.1, 0.15) is 10.4 Å². The fourth-order valence-corrected chi connectivity index (χ4v) is 3.40. The minimum Gasteiger partial charge on any atom is -0.322 e. The average molecular weight is 427 g/mol. The van der Waals surface area contributed by atoms with Gasteiger partial charge in [-0.3, -0.25) is 9.78 Å². The van der Waals surface area contributed by atoms with Gasteiger partial charge < -0.3 is 5.32 Å². The van der Waals surface area contributed by atoms with E-state index in [1.807, 2.05) is 48.5 Å². The maximum atomic E-state index is 12.5. The molecule has 7 nitrogen and oxygen atoms in total. The number of nitrogens with one attached hydrogen (secondary N) is 1. The zero-order valence-electron chi connectivity index (χ0n) is 16.1. The Bertz CT molecular complexity index is 1400. The first kappa shape index (κ1) is 18.9. The van der Waals surface area contributed by atoms with E-state index in [1.165, 1.54) is 0 Å². The number of benzene rings is 2. The number of amides is 1. The second kappa shape index (κ2) is 7.97. The summed E-state index contributed by atoms with van der Waals surface area (Å²) in [7, 11) is 0. The quantitative estimate of drug-likeness (QED) is 0.448. The molecule has 5 rings (SSSR count). The third-order valence-electron chi connectivity index (χ3n) is 4.69. The predicted molar refractivity (Wildman–Crippen MR) is 119 cm³/mol. The van der Waals surface area contributed by atoms with Crippen molar-refractivity contribution in [1.29, 1.82) is 0 Å². The summed E-state index contributed by atoms with van der Waals surface area (Å²) in [6.45, 7) is 0. The smallest absolute Gasteiger partial charge is 0.255 e. The molecule has 3 heterocycles. The summed E-state index contributed by atoms with van der Waals surface area (Å²) in [5.41, 5.74) is 4.16. The fraction of sp³-hybridized carbons (Fsp3) is 0. The summed E-state index contributed by atoms with van der Waals surface area (Å²) in [4.78, 5) is 16.7. The molecule has 3 aromatic heterocycles. The summed E-state index contributed by atoms with van der Waals surface area (Å²) in [5, 5.41) is 16.5. The van der Waals surface area contributed by atoms with Crippen molar-refractivity contribution < 1.29 is 4.79 Å². The van der Waals surface area contributed by atoms with E-state index < -0.39 is 0 Å². The molecule has 1 amide bonds. The molecular weight excluding hydrogens is 412 g/mol. The minimum atomic E-state index is -0.235. The molecule has 0 spiro atoms. The molecule has 2 aromatic carbocycles. The van der Waals surface area contributed by atoms with Crippen LogP contribution in [0.4, 0.5) is 5.69 Å². The van der Waals surface area contributed by atoms with Gasteiger partial charge in [-0.05, 0) is 54.6 Å². The molecule has 8 heteroatoms. The SMILES string of the molecule is O=C(Nc1cccc(-c2ccc3nnc(-c4cccnc4)n3n2)c1)c1cccc(Cl)c1. The molecule has 0 atom stereocenters. The zero-order valence-corrected chi connectivity index (χ0v) is 16.9. The van der Waals surface area contributed by atoms with E-state index >= 15 is 0 Å². The number of pyridine rings is 1. The highest BCUT2D eigenvalue weighted by molar-refractivity contribution is 6.31. The van der Waals surface area contributed by atoms with Gasteiger partial charge in [-0.2, -0.15) is 9.61 Å². The zero-order chi connectivity index (χ0) is 21.2. The summed E-state index contributed by atoms with van der Waals surface area (Å²) >= 11 is 5.99. The van der Waals surface area contributed by atoms with Crippen molar-refractivity contribution in [2.75, 3.05) is 5.32 Å². The van der Waals surface area contributed by atoms with Gasteiger partial charge in [0.05, 0.1) is 5.69 Å². The van der Waals surface area contributed by atoms with Gasteiger partial charge in [0, 0.05) is 39.8 Å². The van der Waals surface area contributed by atoms with Crippen LogP contribution in [-0.4, -0.2) is 30.7 Å². The van der Waals surface area contributed by atoms with Crippen LogP contribution in [0.5, 0.6) is 0 Å². The number of carbonyl (C=O) groups is 1. The molecule has 0 saturated carbocycles. The predicted octanol–water partition coefficient (Wildman–Crippen LogP) is 4.76. The third-order valence-corrected chi connectivity index (χ3v) is 4.92. The Hall–Kier alpha value is -4.10. The molecule has 150 valence electrons. The molecule has 0 unspecified atom stereocenters. The average Bonchev–Trinajstić information content (AvgIpc) is 3.23. The number of halogens is 1. The lowest BCUT2D eigenvalue weighted by Gasteiger charge is -2.08. The molecule has 0 saturated heterocycles. The number of carbonyl (C=O) groups excluding carboxylic acids is 1. The normalized spacial score (nSPS) is 10.9. The van der Waals surface area contributed by atoms with Crippen LogP contribution < -0.4 is 5.32 Å². The summed E-state index contributed by atoms with van der Waals surface area (Å²) in [5.74, 6) is 0.371. The maximum absolute atomic E-state index is 12.5. The van der Waals surface area contributed by atoms with E-state index in [0.717, 1.165) is 16.8 Å². The lowest BCUT2D eigenvalue weighted by atomic mass is 10.1. The van der Waals surface area contributed by atoms with E-state index in [2.05, 4.69) is 20.5 Å². The largest absolute Gasteiger partial charge is 0.322 e. The molecule has 0 bridgehead atoms. The maximum Gasteiger partial charge on any atom is 0.255 e. The van der Waals surface area contributed by atoms with Crippen molar-refractivity contribution in [1.82, 2.24) is 24.8 Å². The molecular formula is C23H15ClN6O. The first-order chi connectivity index (χ1) is 15.2. The molecule has 5 aromatic rings. The van der Waals surface area contributed by atoms with Gasteiger partial charge in [-0.15, -0.1) is 10.2 Å². The highest BCUT2D eigenvalue weighted by atomic mass is 35.5. The second-order valence-corrected chi connectivity index (χ2v) is 7.24. The number of nitrogens with zero attached hydrogens (tertiary/aromatic N) is 5. The van der Waals surface area contributed by atoms with Gasteiger partial charge in [0.1, 0.15) is 0 Å². The van der Waals surface area contributed by atoms with Gasteiger partial charge in [0.25, 0.3) is 5.91 Å². The Balaban J connectivity index is 1.47. The molecule has 0 aliphatic rings. The number of aromatic nitrogens is 5. The van der Waals surface area contributed by atoms with Gasteiger partial charge in [0.15, 0.2) is 11.5 Å². The lowest BCUT2D eigenvalue weighted by molar-refractivity contribution is 0.102. The first-order valence-corrected chi connectivity index (χ1v) is 9.85. The Kier molecular flexibility index (Phi) is 4.86. The van der Waals surface area contributed by atoms with Crippen molar-refractivity contribution in [3.8, 4) is 22.6 Å². The standard InChI is InChI=1S/C23H15ClN6O/c24-18-7-1-5-16(12-18)23(31)26-19-8-2-4-15(13-19)20-9-10-21-27-28-22(30(21)29-20)17-6-3-11-25-14-17/h1-14H,(H,26,31). The van der Waals surface area contributed by atoms with Gasteiger partial charge in [0.2, 0.25) is 0 Å². The second-order valence-electron chi connectivity index (χ2n) is 6.80. The molecule has 0 fully saturated rings. The van der Waals surface area contributed by atoms with Crippen LogP contribution in [0.15, 0.2) is 85.2 Å². The molecule has 0 radical (unpaired) electrons. The van der Waals surface area contributed by atoms with E-state index in [4.69, 9.17) is 16.7 Å². The summed E-state index contributed by atoms with van der Waals surface area (Å²) in [6, 6.07) is 21.8. The summed E-state index contributed by atoms with van der Waals surface area (Å²) < 4.78 is 1.68. The Labute approximate surface area is 182 Å². The van der Waals surface area contributed by atoms with Crippen LogP contribution in [0.2, 0.25) is 5.02 Å². The monoisotopic (exact) mass is 426 g/mol. The van der Waals surface area contributed by atoms with Crippen LogP contribution in [0.3, 0.4) is 0 Å². The number of fused-ring (bicyclic) bond motifs is 1. The Morgan fingerprint density at radius 2 is 1.77 bits per heavy atom. The summed E-state index contributed by atoms with van der Waals surface area (Å²) in [6.07, 6.45) is 3.42. The Morgan fingerprint density at radius 1 is 0.903 bits per heavy atom. The number of rotatable bonds is 4. The van der Waals surface area contributed by atoms with Crippen molar-refractivity contribution in [2.45, 2.75) is 0 Å². The van der Waals surface area contributed by atoms with E-state index in [1.54, 1.807) is 41.2 Å². The van der Waals surface area contributed by atoms with Crippen molar-refractivity contribution in [3.05, 3.63) is 95.8 Å². The molecule has 31 heavy (non-hydrogen) atoms. The highest BCUT2D eigenvalue weighted by Crippen LogP contribution is 2.23. The molecule has 0 aliphatic heterocycles. The van der Waals surface area contributed by atoms with Crippen molar-refractivity contribution in [3.63, 3.8) is 0 Å². The van der Waals surface area contributed by atoms with Crippen molar-refractivity contribution in [2.24, 2.45) is 0 Å². The number of hydrogen-bond donors (Lipinski definition) is 1. The van der Waals surface area contributed by atoms with Crippen molar-refractivity contribution >= 4 is 28.8 Å². The lowest BCUT2D eigenvalue weighted by Crippen LogP contribution is -2.11. The van der Waals surface area contributed by atoms with Gasteiger partial charge in [-0.1, -0.05) is 29.8 Å². The van der Waals surface area contributed by atoms with Crippen LogP contribution in [0.25, 0.3) is 28.3 Å². The highest BCUT2D eigenvalue weighted by Gasteiger charge is 2.12. The minimum absolute atomic E-state index is 0.235. The fourth-order valence-electron chi connectivity index (χ4n) is 3.21. The van der Waals surface area contributed by atoms with E-state index in [0.29, 0.717) is 27.7 Å². The topological polar surface area (TPSA) is 85.1 Å². The van der Waals surface area contributed by atoms with Gasteiger partial charge in [-0.25, -0.2) is 0 Å². The van der Waals surface area contributed by atoms with Crippen LogP contribution in [-0.2, 0) is 0 Å². The first-order valence-electron chi connectivity index (χ1n) is 9.47. The van der Waals surface area contributed by atoms with Crippen LogP contribution in [0, 0.1) is 0 Å². The molecule has 0 aliphatic carbocycles. The Morgan fingerprint density at radius 3 is 2.61 bits per heavy atom. The van der Waals surface area contributed by atoms with E-state index in [9.17, 15) is 4.79 Å². The van der Waals surface area contributed by atoms with E-state index in [-0.39, 0.29) is 5.91 Å². The third kappa shape index (κ3) is 3.86. The van der Waals surface area contributed by atoms with Crippen LogP contribution >= 0.6 is 11.6 Å². The molecule has 1 N–H and O–H groups in total. The number of hydrogen-bond acceptors (Lipinski definition) is 5. The number of anilines is 1.